The number of hydrogen-bond donors (Lipinski definition) is 0. The van der Waals surface area contributed by atoms with Gasteiger partial charge in [-0.05, 0) is 78.4 Å². The lowest BCUT2D eigenvalue weighted by Crippen LogP contribution is -2.24. The molecule has 2 fully saturated rings. The Bertz CT molecular complexity index is 1550. The average molecular weight is 565 g/mol. The van der Waals surface area contributed by atoms with Gasteiger partial charge in [0.1, 0.15) is 5.82 Å². The molecule has 2 unspecified atom stereocenters. The van der Waals surface area contributed by atoms with Gasteiger partial charge in [-0.1, -0.05) is 42.0 Å². The van der Waals surface area contributed by atoms with E-state index in [2.05, 4.69) is 41.2 Å². The maximum Gasteiger partial charge on any atom is 0.223 e. The van der Waals surface area contributed by atoms with Crippen LogP contribution in [-0.4, -0.2) is 44.7 Å². The monoisotopic (exact) mass is 564 g/mol. The molecule has 2 aromatic carbocycles. The molecule has 2 aromatic heterocycles. The fourth-order valence-electron chi connectivity index (χ4n) is 5.67. The van der Waals surface area contributed by atoms with Crippen LogP contribution in [0.5, 0.6) is 0 Å². The Morgan fingerprint density at radius 3 is 1.74 bits per heavy atom. The van der Waals surface area contributed by atoms with Crippen LogP contribution in [0.4, 0.5) is 4.39 Å². The van der Waals surface area contributed by atoms with Crippen molar-refractivity contribution in [3.8, 4) is 0 Å². The summed E-state index contributed by atoms with van der Waals surface area (Å²) in [5, 5.41) is 0. The van der Waals surface area contributed by atoms with E-state index in [1.54, 1.807) is 24.7 Å². The first-order valence-corrected chi connectivity index (χ1v) is 14.4. The summed E-state index contributed by atoms with van der Waals surface area (Å²) in [7, 11) is 0. The van der Waals surface area contributed by atoms with E-state index in [0.29, 0.717) is 38.4 Å². The Labute approximate surface area is 247 Å². The van der Waals surface area contributed by atoms with Crippen molar-refractivity contribution in [3.05, 3.63) is 130 Å². The first-order valence-electron chi connectivity index (χ1n) is 14.4. The molecule has 6 nitrogen and oxygen atoms in total. The van der Waals surface area contributed by atoms with E-state index in [1.165, 1.54) is 28.8 Å². The van der Waals surface area contributed by atoms with Crippen LogP contribution in [0, 0.1) is 26.6 Å². The van der Waals surface area contributed by atoms with Crippen LogP contribution in [0.3, 0.4) is 0 Å². The summed E-state index contributed by atoms with van der Waals surface area (Å²) in [5.74, 6) is 0.524. The topological polar surface area (TPSA) is 66.4 Å². The normalized spacial score (nSPS) is 18.3. The minimum atomic E-state index is -0.247. The SMILES string of the molecule is Cc1ccc(C2CC(=O)N(Cc3ccncc3C)C2)cc1.Cc1cnccc1CN1CC(c2cccc(F)c2)CC1=O. The Morgan fingerprint density at radius 2 is 1.24 bits per heavy atom. The predicted molar refractivity (Wildman–Crippen MR) is 161 cm³/mol. The third kappa shape index (κ3) is 7.08. The molecule has 0 spiro atoms. The summed E-state index contributed by atoms with van der Waals surface area (Å²) < 4.78 is 13.3. The van der Waals surface area contributed by atoms with Gasteiger partial charge in [0.05, 0.1) is 0 Å². The zero-order valence-corrected chi connectivity index (χ0v) is 24.5. The first kappa shape index (κ1) is 29.1. The molecular weight excluding hydrogens is 527 g/mol. The molecule has 2 aliphatic rings. The van der Waals surface area contributed by atoms with Crippen LogP contribution in [-0.2, 0) is 22.7 Å². The van der Waals surface area contributed by atoms with Gasteiger partial charge in [-0.2, -0.15) is 0 Å². The van der Waals surface area contributed by atoms with E-state index >= 15 is 0 Å². The van der Waals surface area contributed by atoms with E-state index < -0.39 is 0 Å². The van der Waals surface area contributed by atoms with Crippen LogP contribution in [0.1, 0.15) is 63.6 Å². The molecule has 6 rings (SSSR count). The van der Waals surface area contributed by atoms with Gasteiger partial charge in [-0.3, -0.25) is 19.6 Å². The van der Waals surface area contributed by atoms with Crippen LogP contribution in [0.15, 0.2) is 85.5 Å². The van der Waals surface area contributed by atoms with Gasteiger partial charge >= 0.3 is 0 Å². The number of rotatable bonds is 6. The van der Waals surface area contributed by atoms with Crippen LogP contribution >= 0.6 is 0 Å². The van der Waals surface area contributed by atoms with Crippen molar-refractivity contribution >= 4 is 11.8 Å². The van der Waals surface area contributed by atoms with Gasteiger partial charge in [0.25, 0.3) is 0 Å². The average Bonchev–Trinajstić information content (AvgIpc) is 3.53. The molecule has 0 bridgehead atoms. The number of hydrogen-bond acceptors (Lipinski definition) is 4. The number of aromatic nitrogens is 2. The number of carbonyl (C=O) groups excluding carboxylic acids is 2. The van der Waals surface area contributed by atoms with E-state index in [4.69, 9.17) is 0 Å². The van der Waals surface area contributed by atoms with Crippen molar-refractivity contribution in [3.63, 3.8) is 0 Å². The van der Waals surface area contributed by atoms with Crippen molar-refractivity contribution < 1.29 is 14.0 Å². The molecule has 4 aromatic rings. The number of benzene rings is 2. The maximum atomic E-state index is 13.3. The van der Waals surface area contributed by atoms with Gasteiger partial charge in [-0.15, -0.1) is 0 Å². The number of carbonyl (C=O) groups is 2. The van der Waals surface area contributed by atoms with Crippen LogP contribution in [0.25, 0.3) is 0 Å². The highest BCUT2D eigenvalue weighted by atomic mass is 19.1. The Hall–Kier alpha value is -4.39. The zero-order valence-electron chi connectivity index (χ0n) is 24.5. The number of pyridine rings is 2. The summed E-state index contributed by atoms with van der Waals surface area (Å²) >= 11 is 0. The molecule has 2 aliphatic heterocycles. The summed E-state index contributed by atoms with van der Waals surface area (Å²) in [6.45, 7) is 8.86. The minimum Gasteiger partial charge on any atom is -0.338 e. The van der Waals surface area contributed by atoms with Gasteiger partial charge in [-0.25, -0.2) is 4.39 Å². The minimum absolute atomic E-state index is 0.0790. The highest BCUT2D eigenvalue weighted by molar-refractivity contribution is 5.80. The molecule has 216 valence electrons. The van der Waals surface area contributed by atoms with Gasteiger partial charge in [0, 0.05) is 75.6 Å². The molecule has 0 aliphatic carbocycles. The van der Waals surface area contributed by atoms with Gasteiger partial charge < -0.3 is 9.80 Å². The number of aryl methyl sites for hydroxylation is 3. The third-order valence-corrected chi connectivity index (χ3v) is 8.29. The zero-order chi connectivity index (χ0) is 29.6. The highest BCUT2D eigenvalue weighted by Crippen LogP contribution is 2.31. The van der Waals surface area contributed by atoms with Crippen molar-refractivity contribution in [2.24, 2.45) is 0 Å². The maximum absolute atomic E-state index is 13.3. The lowest BCUT2D eigenvalue weighted by Gasteiger charge is -2.18. The number of halogens is 1. The molecule has 42 heavy (non-hydrogen) atoms. The molecule has 0 radical (unpaired) electrons. The third-order valence-electron chi connectivity index (χ3n) is 8.29. The summed E-state index contributed by atoms with van der Waals surface area (Å²) in [5.41, 5.74) is 7.94. The van der Waals surface area contributed by atoms with E-state index in [0.717, 1.165) is 28.8 Å². The lowest BCUT2D eigenvalue weighted by molar-refractivity contribution is -0.129. The predicted octanol–water partition coefficient (Wildman–Crippen LogP) is 6.26. The highest BCUT2D eigenvalue weighted by Gasteiger charge is 2.31. The molecule has 0 saturated carbocycles. The summed E-state index contributed by atoms with van der Waals surface area (Å²) in [6, 6.07) is 19.0. The van der Waals surface area contributed by atoms with Gasteiger partial charge in [0.2, 0.25) is 11.8 Å². The quantitative estimate of drug-likeness (QED) is 0.277. The van der Waals surface area contributed by atoms with Crippen LogP contribution in [0.2, 0.25) is 0 Å². The largest absolute Gasteiger partial charge is 0.338 e. The fourth-order valence-corrected chi connectivity index (χ4v) is 5.67. The Morgan fingerprint density at radius 1 is 0.714 bits per heavy atom. The summed E-state index contributed by atoms with van der Waals surface area (Å²) in [4.78, 5) is 36.4. The smallest absolute Gasteiger partial charge is 0.223 e. The lowest BCUT2D eigenvalue weighted by atomic mass is 9.97. The van der Waals surface area contributed by atoms with E-state index in [9.17, 15) is 14.0 Å². The van der Waals surface area contributed by atoms with E-state index in [-0.39, 0.29) is 23.5 Å². The Kier molecular flexibility index (Phi) is 9.06. The first-order chi connectivity index (χ1) is 20.3. The van der Waals surface area contributed by atoms with Crippen molar-refractivity contribution in [1.29, 1.82) is 0 Å². The molecule has 4 heterocycles. The van der Waals surface area contributed by atoms with Crippen LogP contribution < -0.4 is 0 Å². The van der Waals surface area contributed by atoms with Crippen molar-refractivity contribution in [2.75, 3.05) is 13.1 Å². The standard InChI is InChI=1S/C18H20N2O.C17H17FN2O/c1-13-3-5-15(6-4-13)17-9-18(21)20(12-17)11-16-7-8-19-10-14(16)2;1-12-9-19-6-5-14(12)10-20-11-15(8-17(20)21)13-3-2-4-16(18)7-13/h3-8,10,17H,9,11-12H2,1-2H3;2-7,9,15H,8,10-11H2,1H3. The number of amides is 2. The summed E-state index contributed by atoms with van der Waals surface area (Å²) in [6.07, 6.45) is 8.27. The number of likely N-dealkylation sites (tertiary alicyclic amines) is 2. The van der Waals surface area contributed by atoms with E-state index in [1.807, 2.05) is 48.0 Å². The number of nitrogens with zero attached hydrogens (tertiary/aromatic N) is 4. The molecule has 0 N–H and O–H groups in total. The molecule has 2 atom stereocenters. The molecule has 2 saturated heterocycles. The Balaban J connectivity index is 0.000000168. The molecule has 7 heteroatoms. The molecule has 2 amide bonds. The van der Waals surface area contributed by atoms with Crippen molar-refractivity contribution in [1.82, 2.24) is 19.8 Å². The van der Waals surface area contributed by atoms with Crippen molar-refractivity contribution in [2.45, 2.75) is 58.5 Å². The van der Waals surface area contributed by atoms with Gasteiger partial charge in [0.15, 0.2) is 0 Å². The second-order valence-electron chi connectivity index (χ2n) is 11.4. The molecular formula is C35H37FN4O2. The second-order valence-corrected chi connectivity index (χ2v) is 11.4. The fraction of sp³-hybridized carbons (Fsp3) is 0.314. The second kappa shape index (κ2) is 13.1.